The van der Waals surface area contributed by atoms with Crippen molar-refractivity contribution in [3.05, 3.63) is 61.3 Å². The smallest absolute Gasteiger partial charge is 0.257 e. The lowest BCUT2D eigenvalue weighted by molar-refractivity contribution is 0.172. The second kappa shape index (κ2) is 7.31. The Kier molecular flexibility index (Phi) is 4.86. The molecule has 9 heteroatoms. The fraction of sp³-hybridized carbons (Fsp3) is 0.111. The van der Waals surface area contributed by atoms with Crippen LogP contribution in [-0.4, -0.2) is 24.4 Å². The summed E-state index contributed by atoms with van der Waals surface area (Å²) in [4.78, 5) is 15.1. The first-order valence-corrected chi connectivity index (χ1v) is 9.05. The molecule has 2 N–H and O–H groups in total. The molecular formula is C18H12Cl3N3O3. The molecule has 0 saturated heterocycles. The van der Waals surface area contributed by atoms with E-state index >= 15 is 0 Å². The van der Waals surface area contributed by atoms with Crippen molar-refractivity contribution in [1.82, 2.24) is 4.98 Å². The predicted molar refractivity (Wildman–Crippen MR) is 108 cm³/mol. The molecule has 0 aliphatic carbocycles. The van der Waals surface area contributed by atoms with Crippen LogP contribution in [0.1, 0.15) is 5.56 Å². The second-order valence-corrected chi connectivity index (χ2v) is 7.00. The molecule has 4 rings (SSSR count). The number of ether oxygens (including phenoxy) is 2. The van der Waals surface area contributed by atoms with Crippen molar-refractivity contribution in [3.63, 3.8) is 0 Å². The molecule has 0 saturated carbocycles. The predicted octanol–water partition coefficient (Wildman–Crippen LogP) is 4.71. The molecule has 0 spiro atoms. The van der Waals surface area contributed by atoms with Crippen LogP contribution in [0.15, 0.2) is 40.2 Å². The number of aromatic amines is 1. The number of benzene rings is 2. The lowest BCUT2D eigenvalue weighted by Crippen LogP contribution is -2.16. The summed E-state index contributed by atoms with van der Waals surface area (Å²) in [5.41, 5.74) is 3.84. The monoisotopic (exact) mass is 423 g/mol. The summed E-state index contributed by atoms with van der Waals surface area (Å²) >= 11 is 18.1. The van der Waals surface area contributed by atoms with Gasteiger partial charge < -0.3 is 14.5 Å². The van der Waals surface area contributed by atoms with Gasteiger partial charge in [-0.05, 0) is 24.3 Å². The first-order valence-electron chi connectivity index (χ1n) is 7.91. The highest BCUT2D eigenvalue weighted by atomic mass is 35.5. The summed E-state index contributed by atoms with van der Waals surface area (Å²) < 4.78 is 11.1. The van der Waals surface area contributed by atoms with E-state index in [1.807, 2.05) is 6.07 Å². The Morgan fingerprint density at radius 2 is 1.67 bits per heavy atom. The standard InChI is InChI=1S/C18H12Cl3N3O3/c19-11-5-12(20)17(13(21)6-11)24-22-8-10-3-9-4-15-16(27-2-1-26-15)7-14(9)23-18(10)25/h3-8,24H,1-2H2,(H,23,25)/b22-8-. The number of hydrogen-bond acceptors (Lipinski definition) is 5. The van der Waals surface area contributed by atoms with Gasteiger partial charge in [0.25, 0.3) is 5.56 Å². The second-order valence-electron chi connectivity index (χ2n) is 5.75. The molecule has 1 aliphatic heterocycles. The highest BCUT2D eigenvalue weighted by Gasteiger charge is 2.14. The van der Waals surface area contributed by atoms with Crippen LogP contribution in [-0.2, 0) is 0 Å². The summed E-state index contributed by atoms with van der Waals surface area (Å²) in [7, 11) is 0. The van der Waals surface area contributed by atoms with Crippen LogP contribution in [0.2, 0.25) is 15.1 Å². The SMILES string of the molecule is O=c1[nH]c2cc3c(cc2cc1/C=N\Nc1c(Cl)cc(Cl)cc1Cl)OCCO3. The maximum Gasteiger partial charge on any atom is 0.257 e. The lowest BCUT2D eigenvalue weighted by atomic mass is 10.1. The minimum Gasteiger partial charge on any atom is -0.486 e. The molecule has 27 heavy (non-hydrogen) atoms. The molecule has 138 valence electrons. The average molecular weight is 425 g/mol. The molecule has 3 aromatic rings. The van der Waals surface area contributed by atoms with E-state index in [0.717, 1.165) is 5.39 Å². The van der Waals surface area contributed by atoms with E-state index in [4.69, 9.17) is 44.3 Å². The maximum absolute atomic E-state index is 12.3. The quantitative estimate of drug-likeness (QED) is 0.472. The normalized spacial score (nSPS) is 13.3. The van der Waals surface area contributed by atoms with Crippen molar-refractivity contribution in [2.24, 2.45) is 5.10 Å². The van der Waals surface area contributed by atoms with E-state index in [1.165, 1.54) is 6.21 Å². The Balaban J connectivity index is 1.65. The van der Waals surface area contributed by atoms with Gasteiger partial charge in [-0.2, -0.15) is 5.10 Å². The number of pyridine rings is 1. The summed E-state index contributed by atoms with van der Waals surface area (Å²) in [6, 6.07) is 8.36. The molecule has 0 unspecified atom stereocenters. The van der Waals surface area contributed by atoms with Gasteiger partial charge >= 0.3 is 0 Å². The summed E-state index contributed by atoms with van der Waals surface area (Å²) in [5, 5.41) is 5.91. The van der Waals surface area contributed by atoms with Crippen LogP contribution in [0.5, 0.6) is 11.5 Å². The summed E-state index contributed by atoms with van der Waals surface area (Å²) in [6.45, 7) is 0.970. The van der Waals surface area contributed by atoms with Crippen molar-refractivity contribution in [2.45, 2.75) is 0 Å². The fourth-order valence-corrected chi connectivity index (χ4v) is 3.57. The Morgan fingerprint density at radius 3 is 2.37 bits per heavy atom. The molecular weight excluding hydrogens is 413 g/mol. The molecule has 0 atom stereocenters. The Labute approximate surface area is 168 Å². The number of halogens is 3. The molecule has 0 radical (unpaired) electrons. The first kappa shape index (κ1) is 18.0. The van der Waals surface area contributed by atoms with Gasteiger partial charge in [-0.15, -0.1) is 0 Å². The van der Waals surface area contributed by atoms with Crippen LogP contribution in [0, 0.1) is 0 Å². The topological polar surface area (TPSA) is 75.7 Å². The molecule has 1 aliphatic rings. The third-order valence-electron chi connectivity index (χ3n) is 3.92. The number of nitrogens with zero attached hydrogens (tertiary/aromatic N) is 1. The summed E-state index contributed by atoms with van der Waals surface area (Å²) in [6.07, 6.45) is 1.39. The number of rotatable bonds is 3. The first-order chi connectivity index (χ1) is 13.0. The Bertz CT molecular complexity index is 1110. The van der Waals surface area contributed by atoms with Gasteiger partial charge in [0.2, 0.25) is 0 Å². The molecule has 6 nitrogen and oxygen atoms in total. The van der Waals surface area contributed by atoms with E-state index in [-0.39, 0.29) is 5.56 Å². The van der Waals surface area contributed by atoms with Gasteiger partial charge in [0.05, 0.1) is 33.0 Å². The molecule has 0 fully saturated rings. The largest absolute Gasteiger partial charge is 0.486 e. The van der Waals surface area contributed by atoms with Gasteiger partial charge in [-0.25, -0.2) is 0 Å². The van der Waals surface area contributed by atoms with Crippen LogP contribution in [0.3, 0.4) is 0 Å². The minimum atomic E-state index is -0.293. The van der Waals surface area contributed by atoms with Crippen molar-refractivity contribution in [2.75, 3.05) is 18.6 Å². The zero-order chi connectivity index (χ0) is 19.0. The molecule has 0 amide bonds. The van der Waals surface area contributed by atoms with E-state index in [2.05, 4.69) is 15.5 Å². The highest BCUT2D eigenvalue weighted by molar-refractivity contribution is 6.41. The van der Waals surface area contributed by atoms with E-state index in [9.17, 15) is 4.79 Å². The number of aromatic nitrogens is 1. The van der Waals surface area contributed by atoms with Gasteiger partial charge in [-0.1, -0.05) is 34.8 Å². The maximum atomic E-state index is 12.3. The number of H-pyrrole nitrogens is 1. The van der Waals surface area contributed by atoms with Crippen LogP contribution in [0.25, 0.3) is 10.9 Å². The third kappa shape index (κ3) is 3.69. The number of anilines is 1. The Morgan fingerprint density at radius 1 is 1.00 bits per heavy atom. The van der Waals surface area contributed by atoms with E-state index in [1.54, 1.807) is 24.3 Å². The van der Waals surface area contributed by atoms with Crippen LogP contribution >= 0.6 is 34.8 Å². The van der Waals surface area contributed by atoms with Crippen molar-refractivity contribution >= 4 is 57.6 Å². The van der Waals surface area contributed by atoms with Crippen molar-refractivity contribution in [1.29, 1.82) is 0 Å². The van der Waals surface area contributed by atoms with Crippen LogP contribution < -0.4 is 20.5 Å². The van der Waals surface area contributed by atoms with Gasteiger partial charge in [0, 0.05) is 16.5 Å². The molecule has 2 aromatic carbocycles. The fourth-order valence-electron chi connectivity index (χ4n) is 2.67. The molecule has 2 heterocycles. The number of nitrogens with one attached hydrogen (secondary N) is 2. The number of fused-ring (bicyclic) bond motifs is 2. The lowest BCUT2D eigenvalue weighted by Gasteiger charge is -2.18. The zero-order valence-corrected chi connectivity index (χ0v) is 16.0. The van der Waals surface area contributed by atoms with Crippen molar-refractivity contribution < 1.29 is 9.47 Å². The van der Waals surface area contributed by atoms with Crippen molar-refractivity contribution in [3.8, 4) is 11.5 Å². The average Bonchev–Trinajstić information content (AvgIpc) is 2.62. The third-order valence-corrected chi connectivity index (χ3v) is 4.74. The van der Waals surface area contributed by atoms with Gasteiger partial charge in [0.15, 0.2) is 11.5 Å². The van der Waals surface area contributed by atoms with Gasteiger partial charge in [0.1, 0.15) is 13.2 Å². The molecule has 1 aromatic heterocycles. The minimum absolute atomic E-state index is 0.293. The van der Waals surface area contributed by atoms with Crippen LogP contribution in [0.4, 0.5) is 5.69 Å². The van der Waals surface area contributed by atoms with E-state index < -0.39 is 0 Å². The Hall–Kier alpha value is -2.41. The molecule has 0 bridgehead atoms. The number of hydrogen-bond donors (Lipinski definition) is 2. The van der Waals surface area contributed by atoms with E-state index in [0.29, 0.717) is 56.5 Å². The number of hydrazone groups is 1. The summed E-state index contributed by atoms with van der Waals surface area (Å²) in [5.74, 6) is 1.25. The highest BCUT2D eigenvalue weighted by Crippen LogP contribution is 2.34. The van der Waals surface area contributed by atoms with Gasteiger partial charge in [-0.3, -0.25) is 10.2 Å². The zero-order valence-electron chi connectivity index (χ0n) is 13.7.